The van der Waals surface area contributed by atoms with Gasteiger partial charge in [-0.3, -0.25) is 4.79 Å². The molecule has 1 aromatic carbocycles. The van der Waals surface area contributed by atoms with Crippen molar-refractivity contribution in [1.29, 1.82) is 5.26 Å². The molecule has 2 rings (SSSR count). The number of nitrogens with zero attached hydrogens (tertiary/aromatic N) is 1. The van der Waals surface area contributed by atoms with Gasteiger partial charge >= 0.3 is 0 Å². The molecule has 1 aliphatic carbocycles. The highest BCUT2D eigenvalue weighted by Gasteiger charge is 2.20. The van der Waals surface area contributed by atoms with Crippen LogP contribution in [0.1, 0.15) is 19.3 Å². The molecule has 1 aliphatic rings. The van der Waals surface area contributed by atoms with Gasteiger partial charge in [-0.05, 0) is 43.5 Å². The van der Waals surface area contributed by atoms with E-state index < -0.39 is 0 Å². The minimum Gasteiger partial charge on any atom is -0.497 e. The highest BCUT2D eigenvalue weighted by molar-refractivity contribution is 6.05. The standard InChI is InChI=1S/C14H14N2O2/c1-18-12-7-5-11(6-8-12)16-14(17)13-4-2-3-10(13)9-15/h5-8H,2-4H2,1H3,(H,16,17). The van der Waals surface area contributed by atoms with Crippen molar-refractivity contribution in [3.05, 3.63) is 35.4 Å². The molecular weight excluding hydrogens is 228 g/mol. The molecule has 0 saturated carbocycles. The van der Waals surface area contributed by atoms with Gasteiger partial charge in [-0.15, -0.1) is 0 Å². The van der Waals surface area contributed by atoms with Crippen LogP contribution in [-0.2, 0) is 4.79 Å². The van der Waals surface area contributed by atoms with Crippen LogP contribution in [0.2, 0.25) is 0 Å². The predicted octanol–water partition coefficient (Wildman–Crippen LogP) is 2.64. The van der Waals surface area contributed by atoms with Gasteiger partial charge < -0.3 is 10.1 Å². The Morgan fingerprint density at radius 1 is 1.33 bits per heavy atom. The lowest BCUT2D eigenvalue weighted by Crippen LogP contribution is -2.14. The first kappa shape index (κ1) is 12.2. The molecule has 0 aliphatic heterocycles. The summed E-state index contributed by atoms with van der Waals surface area (Å²) in [5.74, 6) is 0.569. The van der Waals surface area contributed by atoms with Crippen LogP contribution in [0.25, 0.3) is 0 Å². The highest BCUT2D eigenvalue weighted by Crippen LogP contribution is 2.26. The quantitative estimate of drug-likeness (QED) is 0.886. The summed E-state index contributed by atoms with van der Waals surface area (Å²) in [5, 5.41) is 11.7. The number of allylic oxidation sites excluding steroid dienone is 1. The molecule has 1 amide bonds. The molecule has 92 valence electrons. The zero-order valence-corrected chi connectivity index (χ0v) is 10.2. The van der Waals surface area contributed by atoms with Crippen molar-refractivity contribution in [2.75, 3.05) is 12.4 Å². The van der Waals surface area contributed by atoms with E-state index in [2.05, 4.69) is 11.4 Å². The van der Waals surface area contributed by atoms with E-state index in [1.807, 2.05) is 0 Å². The lowest BCUT2D eigenvalue weighted by molar-refractivity contribution is -0.112. The summed E-state index contributed by atoms with van der Waals surface area (Å²) < 4.78 is 5.04. The second kappa shape index (κ2) is 5.37. The summed E-state index contributed by atoms with van der Waals surface area (Å²) in [6.45, 7) is 0. The molecule has 1 N–H and O–H groups in total. The minimum absolute atomic E-state index is 0.172. The Kier molecular flexibility index (Phi) is 3.63. The van der Waals surface area contributed by atoms with Gasteiger partial charge in [0.25, 0.3) is 5.91 Å². The number of hydrogen-bond donors (Lipinski definition) is 1. The molecule has 0 bridgehead atoms. The molecule has 4 heteroatoms. The second-order valence-corrected chi connectivity index (χ2v) is 4.11. The van der Waals surface area contributed by atoms with E-state index in [9.17, 15) is 4.79 Å². The van der Waals surface area contributed by atoms with Crippen LogP contribution >= 0.6 is 0 Å². The predicted molar refractivity (Wildman–Crippen MR) is 68.1 cm³/mol. The average molecular weight is 242 g/mol. The lowest BCUT2D eigenvalue weighted by Gasteiger charge is -2.07. The molecule has 0 unspecified atom stereocenters. The largest absolute Gasteiger partial charge is 0.497 e. The number of rotatable bonds is 3. The Bertz CT molecular complexity index is 524. The Labute approximate surface area is 106 Å². The number of ether oxygens (including phenoxy) is 1. The summed E-state index contributed by atoms with van der Waals surface area (Å²) >= 11 is 0. The number of methoxy groups -OCH3 is 1. The third-order valence-electron chi connectivity index (χ3n) is 2.97. The molecule has 1 aromatic rings. The van der Waals surface area contributed by atoms with Crippen molar-refractivity contribution in [2.45, 2.75) is 19.3 Å². The van der Waals surface area contributed by atoms with Gasteiger partial charge in [0.1, 0.15) is 5.75 Å². The zero-order chi connectivity index (χ0) is 13.0. The van der Waals surface area contributed by atoms with Crippen LogP contribution in [-0.4, -0.2) is 13.0 Å². The Morgan fingerprint density at radius 3 is 2.67 bits per heavy atom. The van der Waals surface area contributed by atoms with Gasteiger partial charge in [0.15, 0.2) is 0 Å². The number of hydrogen-bond acceptors (Lipinski definition) is 3. The average Bonchev–Trinajstić information content (AvgIpc) is 2.88. The van der Waals surface area contributed by atoms with Crippen LogP contribution in [0.3, 0.4) is 0 Å². The van der Waals surface area contributed by atoms with Crippen molar-refractivity contribution in [2.24, 2.45) is 0 Å². The van der Waals surface area contributed by atoms with Crippen LogP contribution in [0.5, 0.6) is 5.75 Å². The number of amides is 1. The molecule has 18 heavy (non-hydrogen) atoms. The number of nitrogens with one attached hydrogen (secondary N) is 1. The second-order valence-electron chi connectivity index (χ2n) is 4.11. The van der Waals surface area contributed by atoms with Crippen molar-refractivity contribution in [3.8, 4) is 11.8 Å². The summed E-state index contributed by atoms with van der Waals surface area (Å²) in [6, 6.07) is 9.21. The maximum absolute atomic E-state index is 12.0. The first-order valence-corrected chi connectivity index (χ1v) is 5.82. The third kappa shape index (κ3) is 2.51. The van der Waals surface area contributed by atoms with Gasteiger partial charge in [-0.25, -0.2) is 0 Å². The first-order chi connectivity index (χ1) is 8.74. The van der Waals surface area contributed by atoms with E-state index >= 15 is 0 Å². The molecule has 0 fully saturated rings. The first-order valence-electron chi connectivity index (χ1n) is 5.82. The summed E-state index contributed by atoms with van der Waals surface area (Å²) in [5.41, 5.74) is 1.94. The summed E-state index contributed by atoms with van der Waals surface area (Å²) in [7, 11) is 1.59. The number of anilines is 1. The van der Waals surface area contributed by atoms with Gasteiger partial charge in [0.05, 0.1) is 13.2 Å². The Morgan fingerprint density at radius 2 is 2.06 bits per heavy atom. The van der Waals surface area contributed by atoms with E-state index in [0.717, 1.165) is 12.2 Å². The van der Waals surface area contributed by atoms with Gasteiger partial charge in [-0.2, -0.15) is 5.26 Å². The van der Waals surface area contributed by atoms with Crippen molar-refractivity contribution >= 4 is 11.6 Å². The summed E-state index contributed by atoms with van der Waals surface area (Å²) in [4.78, 5) is 12.0. The Balaban J connectivity index is 2.09. The van der Waals surface area contributed by atoms with Crippen molar-refractivity contribution in [3.63, 3.8) is 0 Å². The molecule has 0 saturated heterocycles. The van der Waals surface area contributed by atoms with Crippen LogP contribution < -0.4 is 10.1 Å². The number of nitriles is 1. The topological polar surface area (TPSA) is 62.1 Å². The van der Waals surface area contributed by atoms with Crippen LogP contribution in [0, 0.1) is 11.3 Å². The van der Waals surface area contributed by atoms with E-state index in [0.29, 0.717) is 29.7 Å². The fourth-order valence-corrected chi connectivity index (χ4v) is 2.00. The van der Waals surface area contributed by atoms with E-state index in [4.69, 9.17) is 10.00 Å². The maximum Gasteiger partial charge on any atom is 0.252 e. The third-order valence-corrected chi connectivity index (χ3v) is 2.97. The van der Waals surface area contributed by atoms with E-state index in [-0.39, 0.29) is 5.91 Å². The minimum atomic E-state index is -0.172. The van der Waals surface area contributed by atoms with Crippen LogP contribution in [0.15, 0.2) is 35.4 Å². The van der Waals surface area contributed by atoms with Crippen molar-refractivity contribution in [1.82, 2.24) is 0 Å². The monoisotopic (exact) mass is 242 g/mol. The fraction of sp³-hybridized carbons (Fsp3) is 0.286. The summed E-state index contributed by atoms with van der Waals surface area (Å²) in [6.07, 6.45) is 2.28. The Hall–Kier alpha value is -2.28. The molecule has 0 spiro atoms. The highest BCUT2D eigenvalue weighted by atomic mass is 16.5. The molecule has 4 nitrogen and oxygen atoms in total. The molecule has 0 heterocycles. The maximum atomic E-state index is 12.0. The molecular formula is C14H14N2O2. The molecule has 0 aromatic heterocycles. The van der Waals surface area contributed by atoms with Gasteiger partial charge in [0.2, 0.25) is 0 Å². The molecule has 0 radical (unpaired) electrons. The van der Waals surface area contributed by atoms with Gasteiger partial charge in [-0.1, -0.05) is 0 Å². The zero-order valence-electron chi connectivity index (χ0n) is 10.2. The lowest BCUT2D eigenvalue weighted by atomic mass is 10.1. The van der Waals surface area contributed by atoms with E-state index in [1.165, 1.54) is 0 Å². The van der Waals surface area contributed by atoms with E-state index in [1.54, 1.807) is 31.4 Å². The smallest absolute Gasteiger partial charge is 0.252 e. The number of carbonyl (C=O) groups is 1. The number of carbonyl (C=O) groups excluding carboxylic acids is 1. The normalized spacial score (nSPS) is 14.2. The SMILES string of the molecule is COc1ccc(NC(=O)C2=C(C#N)CCC2)cc1. The van der Waals surface area contributed by atoms with Gasteiger partial charge in [0, 0.05) is 16.8 Å². The van der Waals surface area contributed by atoms with Crippen LogP contribution in [0.4, 0.5) is 5.69 Å². The fourth-order valence-electron chi connectivity index (χ4n) is 2.00. The number of benzene rings is 1. The van der Waals surface area contributed by atoms with Crippen molar-refractivity contribution < 1.29 is 9.53 Å². The molecule has 0 atom stereocenters.